The molecule has 0 saturated carbocycles. The molecule has 0 atom stereocenters. The number of primary amides is 1. The average molecular weight is 276 g/mol. The van der Waals surface area contributed by atoms with E-state index >= 15 is 0 Å². The highest BCUT2D eigenvalue weighted by atomic mass is 32.1. The van der Waals surface area contributed by atoms with Gasteiger partial charge in [-0.1, -0.05) is 41.7 Å². The van der Waals surface area contributed by atoms with Gasteiger partial charge in [0.2, 0.25) is 16.9 Å². The van der Waals surface area contributed by atoms with Crippen molar-refractivity contribution in [2.45, 2.75) is 12.8 Å². The number of aromatic nitrogens is 2. The number of amides is 2. The highest BCUT2D eigenvalue weighted by Gasteiger charge is 2.10. The van der Waals surface area contributed by atoms with Crippen LogP contribution in [0.4, 0.5) is 5.13 Å². The number of carbonyl (C=O) groups is 2. The molecule has 3 N–H and O–H groups in total. The van der Waals surface area contributed by atoms with Crippen molar-refractivity contribution in [1.29, 1.82) is 0 Å². The molecule has 1 heterocycles. The second-order valence-corrected chi connectivity index (χ2v) is 4.77. The normalized spacial score (nSPS) is 10.1. The third-order valence-electron chi connectivity index (χ3n) is 2.29. The third kappa shape index (κ3) is 3.85. The first-order valence-corrected chi connectivity index (χ1v) is 6.44. The molecule has 19 heavy (non-hydrogen) atoms. The number of nitrogens with two attached hydrogens (primary N) is 1. The molecule has 0 aliphatic rings. The SMILES string of the molecule is NC(=O)CCC(=O)Nc1nnc(-c2ccccc2)s1. The third-order valence-corrected chi connectivity index (χ3v) is 3.18. The van der Waals surface area contributed by atoms with E-state index in [0.717, 1.165) is 10.6 Å². The van der Waals surface area contributed by atoms with Crippen molar-refractivity contribution in [3.8, 4) is 10.6 Å². The van der Waals surface area contributed by atoms with Crippen LogP contribution in [0.5, 0.6) is 0 Å². The van der Waals surface area contributed by atoms with E-state index in [2.05, 4.69) is 15.5 Å². The molecule has 0 radical (unpaired) electrons. The quantitative estimate of drug-likeness (QED) is 0.862. The minimum absolute atomic E-state index is 0.0240. The van der Waals surface area contributed by atoms with Crippen molar-refractivity contribution in [3.05, 3.63) is 30.3 Å². The Morgan fingerprint density at radius 1 is 1.16 bits per heavy atom. The Balaban J connectivity index is 1.98. The molecule has 0 bridgehead atoms. The Hall–Kier alpha value is -2.28. The summed E-state index contributed by atoms with van der Waals surface area (Å²) in [5, 5.41) is 11.6. The van der Waals surface area contributed by atoms with Gasteiger partial charge < -0.3 is 11.1 Å². The van der Waals surface area contributed by atoms with Crippen LogP contribution in [-0.2, 0) is 9.59 Å². The van der Waals surface area contributed by atoms with Gasteiger partial charge in [-0.15, -0.1) is 10.2 Å². The molecule has 0 fully saturated rings. The van der Waals surface area contributed by atoms with Crippen LogP contribution in [0, 0.1) is 0 Å². The Morgan fingerprint density at radius 2 is 1.89 bits per heavy atom. The van der Waals surface area contributed by atoms with Gasteiger partial charge in [0.05, 0.1) is 0 Å². The van der Waals surface area contributed by atoms with Crippen molar-refractivity contribution in [3.63, 3.8) is 0 Å². The van der Waals surface area contributed by atoms with Gasteiger partial charge in [0, 0.05) is 18.4 Å². The lowest BCUT2D eigenvalue weighted by Crippen LogP contribution is -2.17. The summed E-state index contributed by atoms with van der Waals surface area (Å²) in [6, 6.07) is 9.55. The number of rotatable bonds is 5. The molecular weight excluding hydrogens is 264 g/mol. The molecule has 0 spiro atoms. The van der Waals surface area contributed by atoms with E-state index < -0.39 is 5.91 Å². The van der Waals surface area contributed by atoms with Gasteiger partial charge in [-0.2, -0.15) is 0 Å². The van der Waals surface area contributed by atoms with Crippen LogP contribution >= 0.6 is 11.3 Å². The molecule has 2 aromatic rings. The maximum absolute atomic E-state index is 11.5. The van der Waals surface area contributed by atoms with Crippen molar-refractivity contribution in [1.82, 2.24) is 10.2 Å². The zero-order chi connectivity index (χ0) is 13.7. The van der Waals surface area contributed by atoms with Crippen molar-refractivity contribution in [2.75, 3.05) is 5.32 Å². The molecule has 1 aromatic heterocycles. The van der Waals surface area contributed by atoms with Gasteiger partial charge in [-0.3, -0.25) is 9.59 Å². The summed E-state index contributed by atoms with van der Waals surface area (Å²) in [5.74, 6) is -0.799. The fourth-order valence-electron chi connectivity index (χ4n) is 1.39. The fraction of sp³-hybridized carbons (Fsp3) is 0.167. The molecule has 0 saturated heterocycles. The van der Waals surface area contributed by atoms with Crippen LogP contribution in [-0.4, -0.2) is 22.0 Å². The van der Waals surface area contributed by atoms with E-state index in [4.69, 9.17) is 5.73 Å². The van der Waals surface area contributed by atoms with E-state index in [1.54, 1.807) is 0 Å². The summed E-state index contributed by atoms with van der Waals surface area (Å²) in [5.41, 5.74) is 5.91. The number of benzene rings is 1. The lowest BCUT2D eigenvalue weighted by molar-refractivity contribution is -0.122. The highest BCUT2D eigenvalue weighted by molar-refractivity contribution is 7.18. The highest BCUT2D eigenvalue weighted by Crippen LogP contribution is 2.25. The monoisotopic (exact) mass is 276 g/mol. The van der Waals surface area contributed by atoms with Crippen LogP contribution in [0.3, 0.4) is 0 Å². The van der Waals surface area contributed by atoms with Crippen molar-refractivity contribution >= 4 is 28.3 Å². The van der Waals surface area contributed by atoms with E-state index in [0.29, 0.717) is 5.13 Å². The first kappa shape index (κ1) is 13.2. The van der Waals surface area contributed by atoms with E-state index in [1.807, 2.05) is 30.3 Å². The van der Waals surface area contributed by atoms with Crippen LogP contribution in [0.1, 0.15) is 12.8 Å². The van der Waals surface area contributed by atoms with Gasteiger partial charge in [-0.05, 0) is 0 Å². The number of carbonyl (C=O) groups excluding carboxylic acids is 2. The molecule has 6 nitrogen and oxygen atoms in total. The van der Waals surface area contributed by atoms with Crippen molar-refractivity contribution in [2.24, 2.45) is 5.73 Å². The van der Waals surface area contributed by atoms with Gasteiger partial charge in [0.1, 0.15) is 5.01 Å². The number of nitrogens with one attached hydrogen (secondary N) is 1. The molecule has 98 valence electrons. The second-order valence-electron chi connectivity index (χ2n) is 3.79. The molecule has 0 unspecified atom stereocenters. The number of hydrogen-bond donors (Lipinski definition) is 2. The maximum atomic E-state index is 11.5. The fourth-order valence-corrected chi connectivity index (χ4v) is 2.15. The molecular formula is C12H12N4O2S. The smallest absolute Gasteiger partial charge is 0.226 e. The zero-order valence-corrected chi connectivity index (χ0v) is 10.8. The lowest BCUT2D eigenvalue weighted by atomic mass is 10.2. The molecule has 1 aromatic carbocycles. The molecule has 0 aliphatic carbocycles. The summed E-state index contributed by atoms with van der Waals surface area (Å²) < 4.78 is 0. The van der Waals surface area contributed by atoms with Gasteiger partial charge in [0.25, 0.3) is 0 Å². The topological polar surface area (TPSA) is 98.0 Å². The predicted molar refractivity (Wildman–Crippen MR) is 72.4 cm³/mol. The van der Waals surface area contributed by atoms with E-state index in [1.165, 1.54) is 11.3 Å². The van der Waals surface area contributed by atoms with Gasteiger partial charge in [-0.25, -0.2) is 0 Å². The van der Waals surface area contributed by atoms with Gasteiger partial charge >= 0.3 is 0 Å². The number of nitrogens with zero attached hydrogens (tertiary/aromatic N) is 2. The average Bonchev–Trinajstić information content (AvgIpc) is 2.86. The zero-order valence-electron chi connectivity index (χ0n) is 10.00. The summed E-state index contributed by atoms with van der Waals surface area (Å²) in [7, 11) is 0. The largest absolute Gasteiger partial charge is 0.370 e. The van der Waals surface area contributed by atoms with Crippen LogP contribution in [0.15, 0.2) is 30.3 Å². The predicted octanol–water partition coefficient (Wildman–Crippen LogP) is 1.41. The maximum Gasteiger partial charge on any atom is 0.226 e. The summed E-state index contributed by atoms with van der Waals surface area (Å²) >= 11 is 1.28. The Morgan fingerprint density at radius 3 is 2.58 bits per heavy atom. The standard InChI is InChI=1S/C12H12N4O2S/c13-9(17)6-7-10(18)14-12-16-15-11(19-12)8-4-2-1-3-5-8/h1-5H,6-7H2,(H2,13,17)(H,14,16,18). The first-order chi connectivity index (χ1) is 9.15. The minimum atomic E-state index is -0.502. The summed E-state index contributed by atoms with van der Waals surface area (Å²) in [4.78, 5) is 22.0. The Labute approximate surface area is 113 Å². The van der Waals surface area contributed by atoms with Gasteiger partial charge in [0.15, 0.2) is 0 Å². The molecule has 0 aliphatic heterocycles. The Bertz CT molecular complexity index is 582. The lowest BCUT2D eigenvalue weighted by Gasteiger charge is -1.98. The summed E-state index contributed by atoms with van der Waals surface area (Å²) in [6.07, 6.45) is 0.0752. The number of hydrogen-bond acceptors (Lipinski definition) is 5. The number of anilines is 1. The van der Waals surface area contributed by atoms with E-state index in [9.17, 15) is 9.59 Å². The van der Waals surface area contributed by atoms with Crippen molar-refractivity contribution < 1.29 is 9.59 Å². The second kappa shape index (κ2) is 6.05. The van der Waals surface area contributed by atoms with E-state index in [-0.39, 0.29) is 18.7 Å². The molecule has 2 amide bonds. The van der Waals surface area contributed by atoms with Crippen LogP contribution in [0.25, 0.3) is 10.6 Å². The van der Waals surface area contributed by atoms with Crippen LogP contribution in [0.2, 0.25) is 0 Å². The molecule has 7 heteroatoms. The van der Waals surface area contributed by atoms with Crippen LogP contribution < -0.4 is 11.1 Å². The molecule has 2 rings (SSSR count). The Kier molecular flexibility index (Phi) is 4.19. The first-order valence-electron chi connectivity index (χ1n) is 5.62. The minimum Gasteiger partial charge on any atom is -0.370 e. The summed E-state index contributed by atoms with van der Waals surface area (Å²) in [6.45, 7) is 0.